The Morgan fingerprint density at radius 3 is 2.18 bits per heavy atom. The van der Waals surface area contributed by atoms with Gasteiger partial charge in [0.2, 0.25) is 0 Å². The molecular weight excluding hydrogens is 156 g/mol. The average Bonchev–Trinajstić information content (AvgIpc) is 2.01. The zero-order valence-electron chi connectivity index (χ0n) is 7.30. The summed E-state index contributed by atoms with van der Waals surface area (Å²) in [6, 6.07) is 0.929. The first kappa shape index (κ1) is 10.7. The van der Waals surface area contributed by atoms with E-state index < -0.39 is 9.28 Å². The van der Waals surface area contributed by atoms with Crippen molar-refractivity contribution in [3.8, 4) is 12.3 Å². The van der Waals surface area contributed by atoms with Gasteiger partial charge in [-0.2, -0.15) is 0 Å². The SMILES string of the molecule is C#CCC[SiH](OCC)OCC. The van der Waals surface area contributed by atoms with Crippen LogP contribution in [0.1, 0.15) is 20.3 Å². The van der Waals surface area contributed by atoms with Gasteiger partial charge in [-0.15, -0.1) is 12.3 Å². The quantitative estimate of drug-likeness (QED) is 0.444. The molecule has 0 aliphatic rings. The highest BCUT2D eigenvalue weighted by Gasteiger charge is 2.09. The molecule has 0 bridgehead atoms. The van der Waals surface area contributed by atoms with Crippen LogP contribution in [-0.4, -0.2) is 22.5 Å². The predicted octanol–water partition coefficient (Wildman–Crippen LogP) is 1.30. The molecule has 0 aromatic rings. The Hall–Kier alpha value is -0.303. The van der Waals surface area contributed by atoms with Gasteiger partial charge in [-0.1, -0.05) is 0 Å². The van der Waals surface area contributed by atoms with E-state index in [4.69, 9.17) is 15.3 Å². The van der Waals surface area contributed by atoms with Crippen molar-refractivity contribution in [2.24, 2.45) is 0 Å². The molecule has 2 nitrogen and oxygen atoms in total. The number of terminal acetylenes is 1. The van der Waals surface area contributed by atoms with Crippen molar-refractivity contribution in [3.05, 3.63) is 0 Å². The van der Waals surface area contributed by atoms with Crippen LogP contribution < -0.4 is 0 Å². The van der Waals surface area contributed by atoms with Crippen LogP contribution in [0.3, 0.4) is 0 Å². The van der Waals surface area contributed by atoms with Crippen LogP contribution in [0.4, 0.5) is 0 Å². The van der Waals surface area contributed by atoms with E-state index in [0.29, 0.717) is 0 Å². The van der Waals surface area contributed by atoms with Gasteiger partial charge in [0.25, 0.3) is 0 Å². The lowest BCUT2D eigenvalue weighted by molar-refractivity contribution is 0.214. The Balaban J connectivity index is 3.44. The van der Waals surface area contributed by atoms with Gasteiger partial charge in [0.1, 0.15) is 0 Å². The van der Waals surface area contributed by atoms with E-state index in [2.05, 4.69) is 5.92 Å². The van der Waals surface area contributed by atoms with Crippen LogP contribution in [-0.2, 0) is 8.85 Å². The molecule has 0 fully saturated rings. The first-order valence-electron chi connectivity index (χ1n) is 4.01. The van der Waals surface area contributed by atoms with Gasteiger partial charge in [0.05, 0.1) is 0 Å². The van der Waals surface area contributed by atoms with Gasteiger partial charge >= 0.3 is 9.28 Å². The molecule has 0 saturated carbocycles. The molecule has 0 unspecified atom stereocenters. The fourth-order valence-electron chi connectivity index (χ4n) is 0.788. The van der Waals surface area contributed by atoms with Crippen LogP contribution in [0.5, 0.6) is 0 Å². The number of hydrogen-bond donors (Lipinski definition) is 0. The molecule has 11 heavy (non-hydrogen) atoms. The monoisotopic (exact) mass is 172 g/mol. The number of rotatable bonds is 6. The van der Waals surface area contributed by atoms with E-state index in [1.807, 2.05) is 13.8 Å². The molecule has 0 spiro atoms. The molecule has 0 amide bonds. The van der Waals surface area contributed by atoms with E-state index in [1.165, 1.54) is 0 Å². The molecule has 64 valence electrons. The molecular formula is C8H16O2Si. The van der Waals surface area contributed by atoms with Gasteiger partial charge < -0.3 is 8.85 Å². The van der Waals surface area contributed by atoms with Gasteiger partial charge in [-0.05, 0) is 19.9 Å². The van der Waals surface area contributed by atoms with E-state index in [-0.39, 0.29) is 0 Å². The van der Waals surface area contributed by atoms with Crippen molar-refractivity contribution in [2.75, 3.05) is 13.2 Å². The molecule has 0 atom stereocenters. The lowest BCUT2D eigenvalue weighted by Gasteiger charge is -2.12. The molecule has 0 aliphatic heterocycles. The second kappa shape index (κ2) is 7.80. The second-order valence-corrected chi connectivity index (χ2v) is 4.19. The molecule has 0 aliphatic carbocycles. The third-order valence-corrected chi connectivity index (χ3v) is 3.40. The van der Waals surface area contributed by atoms with Crippen molar-refractivity contribution in [2.45, 2.75) is 26.3 Å². The lowest BCUT2D eigenvalue weighted by atomic mass is 10.5. The summed E-state index contributed by atoms with van der Waals surface area (Å²) in [5.41, 5.74) is 0. The highest BCUT2D eigenvalue weighted by molar-refractivity contribution is 6.44. The predicted molar refractivity (Wildman–Crippen MR) is 48.7 cm³/mol. The molecule has 0 heterocycles. The summed E-state index contributed by atoms with van der Waals surface area (Å²) in [7, 11) is -1.39. The number of hydrogen-bond acceptors (Lipinski definition) is 2. The fraction of sp³-hybridized carbons (Fsp3) is 0.750. The zero-order valence-corrected chi connectivity index (χ0v) is 8.45. The van der Waals surface area contributed by atoms with Crippen molar-refractivity contribution >= 4 is 9.28 Å². The van der Waals surface area contributed by atoms with E-state index >= 15 is 0 Å². The van der Waals surface area contributed by atoms with Crippen LogP contribution in [0.2, 0.25) is 6.04 Å². The summed E-state index contributed by atoms with van der Waals surface area (Å²) in [4.78, 5) is 0. The molecule has 0 radical (unpaired) electrons. The summed E-state index contributed by atoms with van der Waals surface area (Å²) in [6.45, 7) is 5.44. The largest absolute Gasteiger partial charge is 0.397 e. The molecule has 0 N–H and O–H groups in total. The normalized spacial score (nSPS) is 10.0. The lowest BCUT2D eigenvalue weighted by Crippen LogP contribution is -2.22. The van der Waals surface area contributed by atoms with Crippen molar-refractivity contribution < 1.29 is 8.85 Å². The van der Waals surface area contributed by atoms with Crippen molar-refractivity contribution in [3.63, 3.8) is 0 Å². The third kappa shape index (κ3) is 6.11. The molecule has 0 aromatic carbocycles. The summed E-state index contributed by atoms with van der Waals surface area (Å²) >= 11 is 0. The average molecular weight is 172 g/mol. The Morgan fingerprint density at radius 1 is 1.27 bits per heavy atom. The summed E-state index contributed by atoms with van der Waals surface area (Å²) in [5, 5.41) is 0. The highest BCUT2D eigenvalue weighted by Crippen LogP contribution is 2.00. The summed E-state index contributed by atoms with van der Waals surface area (Å²) in [5.74, 6) is 2.59. The first-order chi connectivity index (χ1) is 5.35. The van der Waals surface area contributed by atoms with Crippen LogP contribution in [0.25, 0.3) is 0 Å². The summed E-state index contributed by atoms with van der Waals surface area (Å²) < 4.78 is 10.8. The highest BCUT2D eigenvalue weighted by atomic mass is 28.3. The standard InChI is InChI=1S/C8H16O2Si/c1-4-7-8-11(9-5-2)10-6-3/h1,11H,5-8H2,2-3H3. The maximum absolute atomic E-state index is 5.41. The van der Waals surface area contributed by atoms with Gasteiger partial charge in [0.15, 0.2) is 0 Å². The van der Waals surface area contributed by atoms with E-state index in [0.717, 1.165) is 25.7 Å². The van der Waals surface area contributed by atoms with Crippen molar-refractivity contribution in [1.82, 2.24) is 0 Å². The smallest absolute Gasteiger partial charge is 0.322 e. The van der Waals surface area contributed by atoms with Gasteiger partial charge in [-0.3, -0.25) is 0 Å². The van der Waals surface area contributed by atoms with Crippen LogP contribution in [0.15, 0.2) is 0 Å². The minimum atomic E-state index is -1.39. The Morgan fingerprint density at radius 2 is 1.82 bits per heavy atom. The maximum Gasteiger partial charge on any atom is 0.322 e. The van der Waals surface area contributed by atoms with Crippen LogP contribution >= 0.6 is 0 Å². The fourth-order valence-corrected chi connectivity index (χ4v) is 2.36. The maximum atomic E-state index is 5.41. The molecule has 0 rings (SSSR count). The van der Waals surface area contributed by atoms with Crippen LogP contribution in [0, 0.1) is 12.3 Å². The Labute approximate surface area is 70.7 Å². The van der Waals surface area contributed by atoms with Crippen molar-refractivity contribution in [1.29, 1.82) is 0 Å². The molecule has 0 aromatic heterocycles. The Bertz CT molecular complexity index is 114. The van der Waals surface area contributed by atoms with Gasteiger partial charge in [-0.25, -0.2) is 0 Å². The minimum Gasteiger partial charge on any atom is -0.397 e. The van der Waals surface area contributed by atoms with Gasteiger partial charge in [0, 0.05) is 19.6 Å². The first-order valence-corrected chi connectivity index (χ1v) is 5.77. The second-order valence-electron chi connectivity index (χ2n) is 2.08. The van der Waals surface area contributed by atoms with E-state index in [9.17, 15) is 0 Å². The Kier molecular flexibility index (Phi) is 7.59. The molecule has 3 heteroatoms. The summed E-state index contributed by atoms with van der Waals surface area (Å²) in [6.07, 6.45) is 5.90. The zero-order chi connectivity index (χ0) is 8.53. The van der Waals surface area contributed by atoms with E-state index in [1.54, 1.807) is 0 Å². The minimum absolute atomic E-state index is 0.738. The third-order valence-electron chi connectivity index (χ3n) is 1.23. The topological polar surface area (TPSA) is 18.5 Å². The molecule has 0 saturated heterocycles.